The lowest BCUT2D eigenvalue weighted by molar-refractivity contribution is 0.0697. The molecule has 0 radical (unpaired) electrons. The van der Waals surface area contributed by atoms with Crippen molar-refractivity contribution in [1.29, 1.82) is 0 Å². The van der Waals surface area contributed by atoms with Gasteiger partial charge in [-0.15, -0.1) is 0 Å². The van der Waals surface area contributed by atoms with Gasteiger partial charge in [0.25, 0.3) is 5.91 Å². The van der Waals surface area contributed by atoms with E-state index in [1.54, 1.807) is 0 Å². The Labute approximate surface area is 118 Å². The van der Waals surface area contributed by atoms with Crippen molar-refractivity contribution in [1.82, 2.24) is 4.98 Å². The van der Waals surface area contributed by atoms with Crippen molar-refractivity contribution in [2.24, 2.45) is 0 Å². The number of hydrogen-bond acceptors (Lipinski definition) is 3. The van der Waals surface area contributed by atoms with Crippen LogP contribution in [0, 0.1) is 5.82 Å². The van der Waals surface area contributed by atoms with Crippen LogP contribution in [0.5, 0.6) is 0 Å². The van der Waals surface area contributed by atoms with Gasteiger partial charge in [0.2, 0.25) is 0 Å². The Morgan fingerprint density at radius 2 is 2.00 bits per heavy atom. The van der Waals surface area contributed by atoms with Gasteiger partial charge < -0.3 is 10.4 Å². The Morgan fingerprint density at radius 3 is 2.65 bits per heavy atom. The molecule has 2 aromatic rings. The number of para-hydroxylation sites is 1. The summed E-state index contributed by atoms with van der Waals surface area (Å²) in [6.07, 6.45) is 2.61. The van der Waals surface area contributed by atoms with Gasteiger partial charge in [-0.3, -0.25) is 9.78 Å². The first-order valence-corrected chi connectivity index (χ1v) is 5.81. The number of carboxylic acid groups (broad SMARTS) is 1. The number of carboxylic acids is 1. The van der Waals surface area contributed by atoms with Crippen LogP contribution in [0.15, 0.2) is 36.7 Å². The van der Waals surface area contributed by atoms with Crippen molar-refractivity contribution in [3.05, 3.63) is 58.6 Å². The molecule has 7 heteroatoms. The lowest BCUT2D eigenvalue weighted by atomic mass is 10.1. The summed E-state index contributed by atoms with van der Waals surface area (Å²) in [4.78, 5) is 26.7. The van der Waals surface area contributed by atoms with Crippen molar-refractivity contribution < 1.29 is 19.1 Å². The minimum atomic E-state index is -1.35. The number of nitrogens with zero attached hydrogens (tertiary/aromatic N) is 1. The number of aromatic carboxylic acids is 1. The molecule has 0 bridgehead atoms. The van der Waals surface area contributed by atoms with Crippen LogP contribution >= 0.6 is 11.6 Å². The van der Waals surface area contributed by atoms with E-state index >= 15 is 0 Å². The molecule has 0 unspecified atom stereocenters. The highest BCUT2D eigenvalue weighted by molar-refractivity contribution is 6.34. The molecule has 2 rings (SSSR count). The summed E-state index contributed by atoms with van der Waals surface area (Å²) in [5.41, 5.74) is -0.678. The molecule has 1 heterocycles. The fourth-order valence-corrected chi connectivity index (χ4v) is 1.77. The Balaban J connectivity index is 2.38. The van der Waals surface area contributed by atoms with Crippen molar-refractivity contribution in [3.8, 4) is 0 Å². The van der Waals surface area contributed by atoms with Gasteiger partial charge >= 0.3 is 5.97 Å². The summed E-state index contributed by atoms with van der Waals surface area (Å²) >= 11 is 5.79. The molecule has 0 atom stereocenters. The standard InChI is InChI=1S/C13H8ClFN2O3/c14-9-6-16-5-4-7(9)12(18)17-11-8(13(19)20)2-1-3-10(11)15/h1-6H,(H,17,18)(H,19,20). The smallest absolute Gasteiger partial charge is 0.337 e. The highest BCUT2D eigenvalue weighted by Gasteiger charge is 2.18. The minimum Gasteiger partial charge on any atom is -0.478 e. The number of amides is 1. The maximum absolute atomic E-state index is 13.7. The second-order valence-electron chi connectivity index (χ2n) is 3.78. The summed E-state index contributed by atoms with van der Waals surface area (Å²) in [7, 11) is 0. The van der Waals surface area contributed by atoms with Crippen LogP contribution in [0.2, 0.25) is 5.02 Å². The molecule has 0 aliphatic heterocycles. The van der Waals surface area contributed by atoms with E-state index in [9.17, 15) is 14.0 Å². The maximum Gasteiger partial charge on any atom is 0.337 e. The minimum absolute atomic E-state index is 0.0706. The SMILES string of the molecule is O=C(Nc1c(F)cccc1C(=O)O)c1ccncc1Cl. The highest BCUT2D eigenvalue weighted by atomic mass is 35.5. The predicted molar refractivity (Wildman–Crippen MR) is 70.6 cm³/mol. The number of halogens is 2. The quantitative estimate of drug-likeness (QED) is 0.912. The van der Waals surface area contributed by atoms with Gasteiger partial charge in [0.1, 0.15) is 5.82 Å². The maximum atomic E-state index is 13.7. The second-order valence-corrected chi connectivity index (χ2v) is 4.18. The normalized spacial score (nSPS) is 10.1. The van der Waals surface area contributed by atoms with Gasteiger partial charge in [-0.1, -0.05) is 17.7 Å². The monoisotopic (exact) mass is 294 g/mol. The van der Waals surface area contributed by atoms with Crippen molar-refractivity contribution in [2.75, 3.05) is 5.32 Å². The summed E-state index contributed by atoms with van der Waals surface area (Å²) in [5.74, 6) is -2.91. The topological polar surface area (TPSA) is 79.3 Å². The van der Waals surface area contributed by atoms with E-state index in [0.29, 0.717) is 0 Å². The third-order valence-corrected chi connectivity index (χ3v) is 2.80. The fourth-order valence-electron chi connectivity index (χ4n) is 1.57. The third kappa shape index (κ3) is 2.75. The van der Waals surface area contributed by atoms with E-state index in [4.69, 9.17) is 16.7 Å². The van der Waals surface area contributed by atoms with Gasteiger partial charge in [-0.2, -0.15) is 0 Å². The number of nitrogens with one attached hydrogen (secondary N) is 1. The Morgan fingerprint density at radius 1 is 1.25 bits per heavy atom. The summed E-state index contributed by atoms with van der Waals surface area (Å²) in [5, 5.41) is 11.3. The van der Waals surface area contributed by atoms with Gasteiger partial charge in [0.05, 0.1) is 21.8 Å². The third-order valence-electron chi connectivity index (χ3n) is 2.50. The lowest BCUT2D eigenvalue weighted by Gasteiger charge is -2.10. The van der Waals surface area contributed by atoms with Crippen LogP contribution < -0.4 is 5.32 Å². The van der Waals surface area contributed by atoms with Crippen molar-refractivity contribution in [3.63, 3.8) is 0 Å². The molecule has 0 aliphatic rings. The first-order chi connectivity index (χ1) is 9.50. The summed E-state index contributed by atoms with van der Waals surface area (Å²) in [6.45, 7) is 0. The average Bonchev–Trinajstić information content (AvgIpc) is 2.41. The Hall–Kier alpha value is -2.47. The molecule has 2 N–H and O–H groups in total. The van der Waals surface area contributed by atoms with E-state index in [2.05, 4.69) is 10.3 Å². The van der Waals surface area contributed by atoms with Crippen molar-refractivity contribution in [2.45, 2.75) is 0 Å². The number of rotatable bonds is 3. The van der Waals surface area contributed by atoms with Gasteiger partial charge in [0, 0.05) is 12.4 Å². The van der Waals surface area contributed by atoms with Gasteiger partial charge in [-0.05, 0) is 18.2 Å². The van der Waals surface area contributed by atoms with E-state index in [-0.39, 0.29) is 16.1 Å². The van der Waals surface area contributed by atoms with Crippen LogP contribution in [0.4, 0.5) is 10.1 Å². The molecule has 20 heavy (non-hydrogen) atoms. The van der Waals surface area contributed by atoms with Crippen LogP contribution in [0.1, 0.15) is 20.7 Å². The molecule has 1 aromatic heterocycles. The predicted octanol–water partition coefficient (Wildman–Crippen LogP) is 2.82. The van der Waals surface area contributed by atoms with Gasteiger partial charge in [0.15, 0.2) is 0 Å². The van der Waals surface area contributed by atoms with Crippen LogP contribution in [-0.4, -0.2) is 22.0 Å². The molecule has 102 valence electrons. The average molecular weight is 295 g/mol. The Kier molecular flexibility index (Phi) is 3.95. The first kappa shape index (κ1) is 14.0. The lowest BCUT2D eigenvalue weighted by Crippen LogP contribution is -2.16. The van der Waals surface area contributed by atoms with E-state index in [1.165, 1.54) is 30.6 Å². The fraction of sp³-hybridized carbons (Fsp3) is 0. The number of carbonyl (C=O) groups is 2. The molecule has 1 amide bonds. The summed E-state index contributed by atoms with van der Waals surface area (Å²) < 4.78 is 13.7. The zero-order chi connectivity index (χ0) is 14.7. The molecular weight excluding hydrogens is 287 g/mol. The van der Waals surface area contributed by atoms with E-state index in [1.807, 2.05) is 0 Å². The number of pyridine rings is 1. The molecule has 5 nitrogen and oxygen atoms in total. The zero-order valence-corrected chi connectivity index (χ0v) is 10.7. The van der Waals surface area contributed by atoms with Crippen LogP contribution in [0.3, 0.4) is 0 Å². The number of carbonyl (C=O) groups excluding carboxylic acids is 1. The molecule has 1 aromatic carbocycles. The molecule has 0 saturated heterocycles. The Bertz CT molecular complexity index is 691. The number of hydrogen-bond donors (Lipinski definition) is 2. The van der Waals surface area contributed by atoms with Crippen molar-refractivity contribution >= 4 is 29.2 Å². The van der Waals surface area contributed by atoms with E-state index < -0.39 is 23.4 Å². The van der Waals surface area contributed by atoms with Gasteiger partial charge in [-0.25, -0.2) is 9.18 Å². The first-order valence-electron chi connectivity index (χ1n) is 5.43. The van der Waals surface area contributed by atoms with E-state index in [0.717, 1.165) is 6.07 Å². The summed E-state index contributed by atoms with van der Waals surface area (Å²) in [6, 6.07) is 4.83. The van der Waals surface area contributed by atoms with Crippen LogP contribution in [-0.2, 0) is 0 Å². The largest absolute Gasteiger partial charge is 0.478 e. The number of anilines is 1. The highest BCUT2D eigenvalue weighted by Crippen LogP contribution is 2.22. The zero-order valence-electron chi connectivity index (χ0n) is 9.93. The molecule has 0 spiro atoms. The molecule has 0 aliphatic carbocycles. The molecule has 0 fully saturated rings. The second kappa shape index (κ2) is 5.66. The molecular formula is C13H8ClFN2O3. The van der Waals surface area contributed by atoms with Crippen LogP contribution in [0.25, 0.3) is 0 Å². The molecule has 0 saturated carbocycles. The number of aromatic nitrogens is 1. The number of benzene rings is 1.